The van der Waals surface area contributed by atoms with Crippen molar-refractivity contribution in [1.82, 2.24) is 9.55 Å². The van der Waals surface area contributed by atoms with Crippen LogP contribution in [0.3, 0.4) is 0 Å². The summed E-state index contributed by atoms with van der Waals surface area (Å²) < 4.78 is 14.2. The molecule has 0 spiro atoms. The first kappa shape index (κ1) is 19.3. The van der Waals surface area contributed by atoms with Gasteiger partial charge in [0.2, 0.25) is 0 Å². The van der Waals surface area contributed by atoms with Crippen LogP contribution in [0.1, 0.15) is 17.0 Å². The molecule has 0 amide bonds. The lowest BCUT2D eigenvalue weighted by molar-refractivity contribution is 0.271. The monoisotopic (exact) mass is 406 g/mol. The fourth-order valence-corrected chi connectivity index (χ4v) is 3.65. The van der Waals surface area contributed by atoms with Crippen molar-refractivity contribution in [2.45, 2.75) is 27.0 Å². The summed E-state index contributed by atoms with van der Waals surface area (Å²) in [5.41, 5.74) is 4.29. The highest BCUT2D eigenvalue weighted by molar-refractivity contribution is 6.32. The minimum absolute atomic E-state index is 0.335. The van der Waals surface area contributed by atoms with Gasteiger partial charge in [-0.1, -0.05) is 54.1 Å². The van der Waals surface area contributed by atoms with Gasteiger partial charge in [-0.3, -0.25) is 0 Å². The summed E-state index contributed by atoms with van der Waals surface area (Å²) in [4.78, 5) is 4.76. The van der Waals surface area contributed by atoms with Crippen molar-refractivity contribution in [3.63, 3.8) is 0 Å². The predicted octanol–water partition coefficient (Wildman–Crippen LogP) is 5.96. The largest absolute Gasteiger partial charge is 0.491 e. The smallest absolute Gasteiger partial charge is 0.148 e. The first-order chi connectivity index (χ1) is 14.1. The molecule has 3 aromatic carbocycles. The van der Waals surface area contributed by atoms with Crippen molar-refractivity contribution in [3.8, 4) is 11.5 Å². The quantitative estimate of drug-likeness (QED) is 0.379. The number of para-hydroxylation sites is 4. The van der Waals surface area contributed by atoms with E-state index in [2.05, 4.69) is 36.6 Å². The number of ether oxygens (including phenoxy) is 2. The number of benzene rings is 3. The second-order valence-corrected chi connectivity index (χ2v) is 7.36. The molecule has 4 nitrogen and oxygen atoms in total. The summed E-state index contributed by atoms with van der Waals surface area (Å²) in [5, 5.41) is 0.591. The Balaban J connectivity index is 1.54. The Morgan fingerprint density at radius 3 is 2.38 bits per heavy atom. The first-order valence-electron chi connectivity index (χ1n) is 9.64. The van der Waals surface area contributed by atoms with Crippen LogP contribution in [-0.4, -0.2) is 16.2 Å². The zero-order chi connectivity index (χ0) is 20.2. The van der Waals surface area contributed by atoms with Gasteiger partial charge in [-0.25, -0.2) is 4.98 Å². The van der Waals surface area contributed by atoms with Crippen LogP contribution in [0.5, 0.6) is 11.5 Å². The lowest BCUT2D eigenvalue weighted by atomic mass is 10.1. The number of rotatable bonds is 7. The standard InChI is InChI=1S/C24H23ClN2O2/c1-17-8-7-9-18(2)24(17)28-15-14-27-21-12-5-4-11-20(21)26-23(27)16-29-22-13-6-3-10-19(22)25/h3-13H,14-16H2,1-2H3. The van der Waals surface area contributed by atoms with E-state index in [0.717, 1.165) is 33.7 Å². The number of halogens is 1. The minimum atomic E-state index is 0.335. The Morgan fingerprint density at radius 1 is 0.862 bits per heavy atom. The van der Waals surface area contributed by atoms with Gasteiger partial charge in [0, 0.05) is 0 Å². The second kappa shape index (κ2) is 8.58. The molecule has 0 bridgehead atoms. The van der Waals surface area contributed by atoms with Crippen molar-refractivity contribution >= 4 is 22.6 Å². The van der Waals surface area contributed by atoms with E-state index >= 15 is 0 Å². The van der Waals surface area contributed by atoms with Crippen LogP contribution in [0, 0.1) is 13.8 Å². The molecule has 0 aliphatic heterocycles. The summed E-state index contributed by atoms with van der Waals surface area (Å²) in [6.45, 7) is 5.69. The van der Waals surface area contributed by atoms with E-state index in [-0.39, 0.29) is 0 Å². The van der Waals surface area contributed by atoms with Gasteiger partial charge in [0.05, 0.1) is 22.6 Å². The van der Waals surface area contributed by atoms with Crippen LogP contribution >= 0.6 is 11.6 Å². The summed E-state index contributed by atoms with van der Waals surface area (Å²) in [6.07, 6.45) is 0. The van der Waals surface area contributed by atoms with Gasteiger partial charge in [0.15, 0.2) is 0 Å². The Hall–Kier alpha value is -2.98. The zero-order valence-corrected chi connectivity index (χ0v) is 17.3. The van der Waals surface area contributed by atoms with Gasteiger partial charge in [0.25, 0.3) is 0 Å². The summed E-state index contributed by atoms with van der Waals surface area (Å²) in [5.74, 6) is 2.45. The van der Waals surface area contributed by atoms with E-state index < -0.39 is 0 Å². The van der Waals surface area contributed by atoms with E-state index in [1.165, 1.54) is 0 Å². The highest BCUT2D eigenvalue weighted by Crippen LogP contribution is 2.25. The maximum atomic E-state index is 6.22. The molecule has 29 heavy (non-hydrogen) atoms. The Labute approximate surface area is 175 Å². The molecule has 0 atom stereocenters. The predicted molar refractivity (Wildman–Crippen MR) is 117 cm³/mol. The van der Waals surface area contributed by atoms with Crippen molar-refractivity contribution in [2.75, 3.05) is 6.61 Å². The molecule has 0 unspecified atom stereocenters. The summed E-state index contributed by atoms with van der Waals surface area (Å²) >= 11 is 6.22. The molecule has 4 rings (SSSR count). The summed E-state index contributed by atoms with van der Waals surface area (Å²) in [7, 11) is 0. The van der Waals surface area contributed by atoms with Crippen LogP contribution in [0.15, 0.2) is 66.7 Å². The van der Waals surface area contributed by atoms with Gasteiger partial charge in [-0.2, -0.15) is 0 Å². The van der Waals surface area contributed by atoms with Gasteiger partial charge >= 0.3 is 0 Å². The van der Waals surface area contributed by atoms with Crippen LogP contribution in [0.25, 0.3) is 11.0 Å². The number of fused-ring (bicyclic) bond motifs is 1. The van der Waals surface area contributed by atoms with E-state index in [9.17, 15) is 0 Å². The van der Waals surface area contributed by atoms with E-state index in [4.69, 9.17) is 26.1 Å². The molecule has 0 saturated heterocycles. The number of hydrogen-bond acceptors (Lipinski definition) is 3. The molecule has 1 heterocycles. The fourth-order valence-electron chi connectivity index (χ4n) is 3.46. The topological polar surface area (TPSA) is 36.3 Å². The molecule has 1 aromatic heterocycles. The third-order valence-corrected chi connectivity index (χ3v) is 5.21. The number of imidazole rings is 1. The first-order valence-corrected chi connectivity index (χ1v) is 10.0. The zero-order valence-electron chi connectivity index (χ0n) is 16.6. The lowest BCUT2D eigenvalue weighted by Gasteiger charge is -2.14. The molecule has 0 fully saturated rings. The highest BCUT2D eigenvalue weighted by atomic mass is 35.5. The maximum absolute atomic E-state index is 6.22. The van der Waals surface area contributed by atoms with Gasteiger partial charge in [-0.15, -0.1) is 0 Å². The number of hydrogen-bond donors (Lipinski definition) is 0. The Bertz CT molecular complexity index is 1120. The minimum Gasteiger partial charge on any atom is -0.491 e. The average molecular weight is 407 g/mol. The van der Waals surface area contributed by atoms with Crippen molar-refractivity contribution < 1.29 is 9.47 Å². The van der Waals surface area contributed by atoms with Crippen LogP contribution in [0.2, 0.25) is 5.02 Å². The third kappa shape index (κ3) is 4.22. The second-order valence-electron chi connectivity index (χ2n) is 6.96. The molecule has 5 heteroatoms. The highest BCUT2D eigenvalue weighted by Gasteiger charge is 2.12. The molecule has 0 N–H and O–H groups in total. The van der Waals surface area contributed by atoms with E-state index in [1.54, 1.807) is 0 Å². The van der Waals surface area contributed by atoms with Crippen molar-refractivity contribution in [1.29, 1.82) is 0 Å². The molecule has 4 aromatic rings. The molecule has 0 aliphatic rings. The molecular formula is C24H23ClN2O2. The van der Waals surface area contributed by atoms with Gasteiger partial charge < -0.3 is 14.0 Å². The molecule has 0 saturated carbocycles. The van der Waals surface area contributed by atoms with Crippen LogP contribution in [0.4, 0.5) is 0 Å². The number of aromatic nitrogens is 2. The molecule has 0 radical (unpaired) electrons. The molecule has 0 aliphatic carbocycles. The fraction of sp³-hybridized carbons (Fsp3) is 0.208. The summed E-state index contributed by atoms with van der Waals surface area (Å²) in [6, 6.07) is 21.7. The van der Waals surface area contributed by atoms with Crippen LogP contribution in [-0.2, 0) is 13.2 Å². The Morgan fingerprint density at radius 2 is 1.59 bits per heavy atom. The van der Waals surface area contributed by atoms with E-state index in [1.807, 2.05) is 48.5 Å². The maximum Gasteiger partial charge on any atom is 0.148 e. The molecular weight excluding hydrogens is 384 g/mol. The Kier molecular flexibility index (Phi) is 5.72. The third-order valence-electron chi connectivity index (χ3n) is 4.90. The van der Waals surface area contributed by atoms with Crippen molar-refractivity contribution in [3.05, 3.63) is 88.7 Å². The number of aryl methyl sites for hydroxylation is 2. The molecule has 148 valence electrons. The lowest BCUT2D eigenvalue weighted by Crippen LogP contribution is -2.13. The van der Waals surface area contributed by atoms with Gasteiger partial charge in [-0.05, 0) is 49.2 Å². The average Bonchev–Trinajstić information content (AvgIpc) is 3.07. The normalized spacial score (nSPS) is 11.0. The van der Waals surface area contributed by atoms with Gasteiger partial charge in [0.1, 0.15) is 30.5 Å². The van der Waals surface area contributed by atoms with E-state index in [0.29, 0.717) is 30.5 Å². The van der Waals surface area contributed by atoms with Crippen LogP contribution < -0.4 is 9.47 Å². The van der Waals surface area contributed by atoms with Crippen molar-refractivity contribution in [2.24, 2.45) is 0 Å². The number of nitrogens with zero attached hydrogens (tertiary/aromatic N) is 2. The SMILES string of the molecule is Cc1cccc(C)c1OCCn1c(COc2ccccc2Cl)nc2ccccc21.